The van der Waals surface area contributed by atoms with Crippen LogP contribution in [0.25, 0.3) is 11.3 Å². The maximum Gasteiger partial charge on any atom is 0.255 e. The minimum atomic E-state index is -0.209. The number of halogens is 1. The van der Waals surface area contributed by atoms with Gasteiger partial charge in [0, 0.05) is 23.7 Å². The van der Waals surface area contributed by atoms with Crippen LogP contribution in [0.2, 0.25) is 5.02 Å². The number of rotatable bonds is 7. The van der Waals surface area contributed by atoms with E-state index in [0.29, 0.717) is 36.0 Å². The smallest absolute Gasteiger partial charge is 0.255 e. The van der Waals surface area contributed by atoms with E-state index in [0.717, 1.165) is 25.0 Å². The van der Waals surface area contributed by atoms with Crippen LogP contribution in [0, 0.1) is 0 Å². The van der Waals surface area contributed by atoms with Gasteiger partial charge in [-0.15, -0.1) is 0 Å². The van der Waals surface area contributed by atoms with Crippen molar-refractivity contribution in [3.05, 3.63) is 41.0 Å². The van der Waals surface area contributed by atoms with E-state index in [4.69, 9.17) is 21.1 Å². The molecule has 0 radical (unpaired) electrons. The third kappa shape index (κ3) is 4.14. The van der Waals surface area contributed by atoms with Crippen LogP contribution in [-0.4, -0.2) is 48.6 Å². The molecule has 1 amide bonds. The number of carbonyl (C=O) groups is 1. The van der Waals surface area contributed by atoms with Gasteiger partial charge in [0.2, 0.25) is 0 Å². The molecule has 6 nitrogen and oxygen atoms in total. The molecule has 7 heteroatoms. The molecule has 128 valence electrons. The number of aromatic amines is 1. The number of carbonyl (C=O) groups excluding carboxylic acids is 1. The fourth-order valence-corrected chi connectivity index (χ4v) is 2.88. The van der Waals surface area contributed by atoms with E-state index in [-0.39, 0.29) is 12.0 Å². The van der Waals surface area contributed by atoms with Crippen molar-refractivity contribution < 1.29 is 14.3 Å². The number of nitrogens with zero attached hydrogens (tertiary/aromatic N) is 1. The number of hydrogen-bond donors (Lipinski definition) is 2. The topological polar surface area (TPSA) is 76.2 Å². The summed E-state index contributed by atoms with van der Waals surface area (Å²) in [6, 6.07) is 7.33. The summed E-state index contributed by atoms with van der Waals surface area (Å²) in [4.78, 5) is 12.3. The van der Waals surface area contributed by atoms with E-state index < -0.39 is 0 Å². The summed E-state index contributed by atoms with van der Waals surface area (Å²) in [6.07, 6.45) is 3.83. The Hall–Kier alpha value is -1.89. The zero-order chi connectivity index (χ0) is 16.8. The van der Waals surface area contributed by atoms with Crippen molar-refractivity contribution in [2.75, 3.05) is 26.4 Å². The van der Waals surface area contributed by atoms with Gasteiger partial charge >= 0.3 is 0 Å². The van der Waals surface area contributed by atoms with Crippen molar-refractivity contribution in [2.24, 2.45) is 0 Å². The second-order valence-corrected chi connectivity index (χ2v) is 6.01. The second kappa shape index (κ2) is 8.28. The summed E-state index contributed by atoms with van der Waals surface area (Å²) in [5.41, 5.74) is 1.82. The predicted octanol–water partition coefficient (Wildman–Crippen LogP) is 2.66. The Morgan fingerprint density at radius 3 is 3.12 bits per heavy atom. The molecule has 1 fully saturated rings. The van der Waals surface area contributed by atoms with Crippen LogP contribution in [-0.2, 0) is 9.47 Å². The van der Waals surface area contributed by atoms with E-state index in [1.165, 1.54) is 6.20 Å². The van der Waals surface area contributed by atoms with Gasteiger partial charge in [-0.1, -0.05) is 29.8 Å². The zero-order valence-corrected chi connectivity index (χ0v) is 14.0. The Kier molecular flexibility index (Phi) is 5.85. The summed E-state index contributed by atoms with van der Waals surface area (Å²) in [5, 5.41) is 10.2. The van der Waals surface area contributed by atoms with Gasteiger partial charge in [-0.2, -0.15) is 5.10 Å². The molecule has 1 saturated heterocycles. The molecular weight excluding hydrogens is 330 g/mol. The van der Waals surface area contributed by atoms with Crippen LogP contribution in [0.3, 0.4) is 0 Å². The van der Waals surface area contributed by atoms with Crippen LogP contribution in [0.4, 0.5) is 0 Å². The first-order chi connectivity index (χ1) is 11.8. The molecule has 1 aromatic carbocycles. The van der Waals surface area contributed by atoms with E-state index in [1.807, 2.05) is 18.2 Å². The van der Waals surface area contributed by atoms with Gasteiger partial charge in [-0.3, -0.25) is 9.89 Å². The standard InChI is InChI=1S/C17H20ClN3O3/c18-15-6-2-1-5-13(15)16-14(10-20-21-16)17(22)19-7-9-23-11-12-4-3-8-24-12/h1-2,5-6,10,12H,3-4,7-9,11H2,(H,19,22)(H,20,21). The number of hydrogen-bond acceptors (Lipinski definition) is 4. The Bertz CT molecular complexity index is 683. The summed E-state index contributed by atoms with van der Waals surface area (Å²) in [6.45, 7) is 2.27. The van der Waals surface area contributed by atoms with Crippen LogP contribution >= 0.6 is 11.6 Å². The van der Waals surface area contributed by atoms with Crippen LogP contribution in [0.5, 0.6) is 0 Å². The SMILES string of the molecule is O=C(NCCOCC1CCCO1)c1cn[nH]c1-c1ccccc1Cl. The fourth-order valence-electron chi connectivity index (χ4n) is 2.65. The highest BCUT2D eigenvalue weighted by atomic mass is 35.5. The fraction of sp³-hybridized carbons (Fsp3) is 0.412. The van der Waals surface area contributed by atoms with E-state index >= 15 is 0 Å². The highest BCUT2D eigenvalue weighted by Crippen LogP contribution is 2.28. The maximum absolute atomic E-state index is 12.3. The largest absolute Gasteiger partial charge is 0.377 e. The van der Waals surface area contributed by atoms with Crippen LogP contribution < -0.4 is 5.32 Å². The Labute approximate surface area is 145 Å². The second-order valence-electron chi connectivity index (χ2n) is 5.60. The normalized spacial score (nSPS) is 17.1. The lowest BCUT2D eigenvalue weighted by molar-refractivity contribution is 0.0183. The zero-order valence-electron chi connectivity index (χ0n) is 13.3. The van der Waals surface area contributed by atoms with Gasteiger partial charge in [-0.25, -0.2) is 0 Å². The van der Waals surface area contributed by atoms with E-state index in [1.54, 1.807) is 6.07 Å². The average molecular weight is 350 g/mol. The summed E-state index contributed by atoms with van der Waals surface area (Å²) >= 11 is 6.19. The first kappa shape index (κ1) is 17.0. The number of nitrogens with one attached hydrogen (secondary N) is 2. The summed E-state index contributed by atoms with van der Waals surface area (Å²) in [5.74, 6) is -0.209. The van der Waals surface area contributed by atoms with Crippen molar-refractivity contribution in [3.63, 3.8) is 0 Å². The molecule has 0 aliphatic carbocycles. The van der Waals surface area contributed by atoms with Gasteiger partial charge < -0.3 is 14.8 Å². The molecule has 0 bridgehead atoms. The lowest BCUT2D eigenvalue weighted by atomic mass is 10.1. The van der Waals surface area contributed by atoms with Crippen molar-refractivity contribution in [1.29, 1.82) is 0 Å². The third-order valence-electron chi connectivity index (χ3n) is 3.89. The molecule has 1 atom stereocenters. The van der Waals surface area contributed by atoms with Gasteiger partial charge in [0.15, 0.2) is 0 Å². The Morgan fingerprint density at radius 2 is 2.33 bits per heavy atom. The molecule has 1 unspecified atom stereocenters. The highest BCUT2D eigenvalue weighted by molar-refractivity contribution is 6.33. The Balaban J connectivity index is 1.51. The summed E-state index contributed by atoms with van der Waals surface area (Å²) < 4.78 is 11.0. The molecule has 24 heavy (non-hydrogen) atoms. The molecule has 1 aromatic heterocycles. The first-order valence-corrected chi connectivity index (χ1v) is 8.39. The number of H-pyrrole nitrogens is 1. The average Bonchev–Trinajstić information content (AvgIpc) is 3.26. The minimum absolute atomic E-state index is 0.196. The van der Waals surface area contributed by atoms with Gasteiger partial charge in [0.1, 0.15) is 0 Å². The Morgan fingerprint density at radius 1 is 1.46 bits per heavy atom. The monoisotopic (exact) mass is 349 g/mol. The molecule has 1 aliphatic heterocycles. The molecule has 2 aromatic rings. The quantitative estimate of drug-likeness (QED) is 0.753. The van der Waals surface area contributed by atoms with Gasteiger partial charge in [0.25, 0.3) is 5.91 Å². The van der Waals surface area contributed by atoms with E-state index in [2.05, 4.69) is 15.5 Å². The van der Waals surface area contributed by atoms with Crippen LogP contribution in [0.15, 0.2) is 30.5 Å². The number of ether oxygens (including phenoxy) is 2. The summed E-state index contributed by atoms with van der Waals surface area (Å²) in [7, 11) is 0. The van der Waals surface area contributed by atoms with Crippen molar-refractivity contribution in [2.45, 2.75) is 18.9 Å². The number of aromatic nitrogens is 2. The molecule has 2 heterocycles. The van der Waals surface area contributed by atoms with Crippen LogP contribution in [0.1, 0.15) is 23.2 Å². The molecular formula is C17H20ClN3O3. The lowest BCUT2D eigenvalue weighted by Crippen LogP contribution is -2.28. The first-order valence-electron chi connectivity index (χ1n) is 8.01. The molecule has 0 spiro atoms. The molecule has 1 aliphatic rings. The lowest BCUT2D eigenvalue weighted by Gasteiger charge is -2.10. The maximum atomic E-state index is 12.3. The molecule has 2 N–H and O–H groups in total. The van der Waals surface area contributed by atoms with E-state index in [9.17, 15) is 4.79 Å². The van der Waals surface area contributed by atoms with Crippen molar-refractivity contribution >= 4 is 17.5 Å². The highest BCUT2D eigenvalue weighted by Gasteiger charge is 2.17. The number of benzene rings is 1. The predicted molar refractivity (Wildman–Crippen MR) is 91.2 cm³/mol. The molecule has 0 saturated carbocycles. The van der Waals surface area contributed by atoms with Gasteiger partial charge in [-0.05, 0) is 18.9 Å². The minimum Gasteiger partial charge on any atom is -0.377 e. The van der Waals surface area contributed by atoms with Crippen molar-refractivity contribution in [3.8, 4) is 11.3 Å². The van der Waals surface area contributed by atoms with Crippen molar-refractivity contribution in [1.82, 2.24) is 15.5 Å². The molecule has 3 rings (SSSR count). The van der Waals surface area contributed by atoms with Gasteiger partial charge in [0.05, 0.1) is 36.8 Å². The number of amides is 1. The third-order valence-corrected chi connectivity index (χ3v) is 4.22.